The van der Waals surface area contributed by atoms with E-state index < -0.39 is 0 Å². The third kappa shape index (κ3) is 6.72. The van der Waals surface area contributed by atoms with Crippen molar-refractivity contribution in [1.29, 1.82) is 0 Å². The molecule has 32 heavy (non-hydrogen) atoms. The summed E-state index contributed by atoms with van der Waals surface area (Å²) in [5.41, 5.74) is 8.51. The van der Waals surface area contributed by atoms with Gasteiger partial charge in [-0.05, 0) is 51.2 Å². The molecule has 0 aliphatic carbocycles. The van der Waals surface area contributed by atoms with E-state index in [0.29, 0.717) is 31.0 Å². The van der Waals surface area contributed by atoms with Crippen molar-refractivity contribution >= 4 is 17.7 Å². The number of H-pyrrole nitrogens is 1. The number of nitrogens with one attached hydrogen (secondary N) is 2. The average Bonchev–Trinajstić information content (AvgIpc) is 3.23. The first-order valence-corrected chi connectivity index (χ1v) is 11.7. The van der Waals surface area contributed by atoms with E-state index in [4.69, 9.17) is 10.2 Å². The van der Waals surface area contributed by atoms with Crippen molar-refractivity contribution in [3.63, 3.8) is 0 Å². The topological polar surface area (TPSA) is 100 Å². The van der Waals surface area contributed by atoms with Crippen LogP contribution in [0.2, 0.25) is 0 Å². The van der Waals surface area contributed by atoms with Gasteiger partial charge in [0.05, 0.1) is 11.3 Å². The first-order chi connectivity index (χ1) is 15.3. The molecule has 8 heteroatoms. The minimum Gasteiger partial charge on any atom is -0.463 e. The molecule has 3 aromatic rings. The second-order valence-electron chi connectivity index (χ2n) is 8.58. The molecular formula is C24H33N5O2S. The van der Waals surface area contributed by atoms with Crippen LogP contribution in [0.5, 0.6) is 0 Å². The monoisotopic (exact) mass is 455 g/mol. The summed E-state index contributed by atoms with van der Waals surface area (Å²) in [6.45, 7) is 6.19. The minimum absolute atomic E-state index is 0.113. The third-order valence-corrected chi connectivity index (χ3v) is 6.40. The van der Waals surface area contributed by atoms with Gasteiger partial charge in [0.15, 0.2) is 0 Å². The third-order valence-electron chi connectivity index (χ3n) is 5.07. The van der Waals surface area contributed by atoms with Gasteiger partial charge in [0.1, 0.15) is 11.5 Å². The van der Waals surface area contributed by atoms with Crippen molar-refractivity contribution in [1.82, 2.24) is 14.9 Å². The van der Waals surface area contributed by atoms with E-state index in [0.717, 1.165) is 29.4 Å². The molecule has 0 radical (unpaired) electrons. The first kappa shape index (κ1) is 24.1. The molecule has 0 saturated carbocycles. The van der Waals surface area contributed by atoms with Crippen LogP contribution in [0.1, 0.15) is 42.1 Å². The Balaban J connectivity index is 1.52. The SMILES string of the molecule is CN(C)Cc1cccc(Cc2cnc(NCCSC(C)(C)c3ccc(CN)o3)[nH]c2=O)c1. The Kier molecular flexibility index (Phi) is 8.17. The number of rotatable bonds is 11. The molecule has 1 aromatic carbocycles. The first-order valence-electron chi connectivity index (χ1n) is 10.7. The normalized spacial score (nSPS) is 11.8. The van der Waals surface area contributed by atoms with Crippen molar-refractivity contribution in [2.24, 2.45) is 5.73 Å². The molecule has 0 fully saturated rings. The number of aromatic nitrogens is 2. The Morgan fingerprint density at radius 1 is 1.22 bits per heavy atom. The van der Waals surface area contributed by atoms with E-state index in [-0.39, 0.29) is 10.3 Å². The van der Waals surface area contributed by atoms with E-state index in [2.05, 4.69) is 46.2 Å². The number of hydrogen-bond acceptors (Lipinski definition) is 7. The van der Waals surface area contributed by atoms with Crippen LogP contribution in [0, 0.1) is 0 Å². The molecule has 2 aromatic heterocycles. The summed E-state index contributed by atoms with van der Waals surface area (Å²) >= 11 is 1.77. The maximum absolute atomic E-state index is 12.5. The van der Waals surface area contributed by atoms with Crippen molar-refractivity contribution in [2.45, 2.75) is 38.1 Å². The predicted molar refractivity (Wildman–Crippen MR) is 132 cm³/mol. The maximum atomic E-state index is 12.5. The van der Waals surface area contributed by atoms with Gasteiger partial charge in [-0.15, -0.1) is 11.8 Å². The number of benzene rings is 1. The Hall–Kier alpha value is -2.55. The highest BCUT2D eigenvalue weighted by Crippen LogP contribution is 2.36. The fraction of sp³-hybridized carbons (Fsp3) is 0.417. The van der Waals surface area contributed by atoms with Crippen LogP contribution in [-0.4, -0.2) is 41.3 Å². The van der Waals surface area contributed by atoms with Crippen LogP contribution in [0.3, 0.4) is 0 Å². The largest absolute Gasteiger partial charge is 0.463 e. The molecule has 0 amide bonds. The molecule has 2 heterocycles. The van der Waals surface area contributed by atoms with Crippen LogP contribution in [0.15, 0.2) is 51.8 Å². The highest BCUT2D eigenvalue weighted by Gasteiger charge is 2.24. The van der Waals surface area contributed by atoms with Gasteiger partial charge in [-0.25, -0.2) is 4.98 Å². The fourth-order valence-electron chi connectivity index (χ4n) is 3.42. The maximum Gasteiger partial charge on any atom is 0.255 e. The number of nitrogens with zero attached hydrogens (tertiary/aromatic N) is 2. The van der Waals surface area contributed by atoms with E-state index >= 15 is 0 Å². The molecule has 172 valence electrons. The lowest BCUT2D eigenvalue weighted by Gasteiger charge is -2.21. The van der Waals surface area contributed by atoms with E-state index in [9.17, 15) is 4.79 Å². The average molecular weight is 456 g/mol. The second-order valence-corrected chi connectivity index (χ2v) is 10.3. The molecule has 0 atom stereocenters. The summed E-state index contributed by atoms with van der Waals surface area (Å²) in [5, 5.41) is 3.20. The van der Waals surface area contributed by atoms with Crippen molar-refractivity contribution in [3.8, 4) is 0 Å². The van der Waals surface area contributed by atoms with Gasteiger partial charge in [-0.3, -0.25) is 9.78 Å². The lowest BCUT2D eigenvalue weighted by Crippen LogP contribution is -2.19. The molecule has 0 bridgehead atoms. The number of anilines is 1. The molecule has 4 N–H and O–H groups in total. The number of aromatic amines is 1. The fourth-order valence-corrected chi connectivity index (χ4v) is 4.38. The van der Waals surface area contributed by atoms with Crippen molar-refractivity contribution in [3.05, 3.63) is 81.2 Å². The quantitative estimate of drug-likeness (QED) is 0.380. The van der Waals surface area contributed by atoms with Crippen molar-refractivity contribution < 1.29 is 4.42 Å². The molecule has 0 aliphatic heterocycles. The number of thioether (sulfide) groups is 1. The van der Waals surface area contributed by atoms with Gasteiger partial charge in [0, 0.05) is 37.0 Å². The zero-order chi connectivity index (χ0) is 23.1. The predicted octanol–water partition coefficient (Wildman–Crippen LogP) is 3.55. The van der Waals surface area contributed by atoms with Crippen LogP contribution in [-0.2, 0) is 24.3 Å². The Labute approximate surface area is 193 Å². The summed E-state index contributed by atoms with van der Waals surface area (Å²) in [6, 6.07) is 12.2. The lowest BCUT2D eigenvalue weighted by atomic mass is 10.0. The standard InChI is InChI=1S/C24H33N5O2S/c1-24(2,21-9-8-20(14-25)31-21)32-11-10-26-23-27-15-19(22(30)28-23)13-17-6-5-7-18(12-17)16-29(3)4/h5-9,12,15H,10-11,13-14,16,25H2,1-4H3,(H2,26,27,28,30). The highest BCUT2D eigenvalue weighted by atomic mass is 32.2. The molecule has 0 aliphatic rings. The Bertz CT molecular complexity index is 1070. The van der Waals surface area contributed by atoms with E-state index in [1.54, 1.807) is 18.0 Å². The van der Waals surface area contributed by atoms with Crippen LogP contribution in [0.4, 0.5) is 5.95 Å². The smallest absolute Gasteiger partial charge is 0.255 e. The Morgan fingerprint density at radius 2 is 2.00 bits per heavy atom. The van der Waals surface area contributed by atoms with E-state index in [1.165, 1.54) is 5.56 Å². The molecule has 7 nitrogen and oxygen atoms in total. The summed E-state index contributed by atoms with van der Waals surface area (Å²) in [4.78, 5) is 21.9. The molecule has 0 unspecified atom stereocenters. The van der Waals surface area contributed by atoms with Gasteiger partial charge in [-0.1, -0.05) is 24.3 Å². The zero-order valence-corrected chi connectivity index (χ0v) is 20.1. The molecule has 0 spiro atoms. The minimum atomic E-state index is -0.166. The highest BCUT2D eigenvalue weighted by molar-refractivity contribution is 8.00. The van der Waals surface area contributed by atoms with E-state index in [1.807, 2.05) is 38.4 Å². The molecule has 3 rings (SSSR count). The van der Waals surface area contributed by atoms with Crippen LogP contribution in [0.25, 0.3) is 0 Å². The van der Waals surface area contributed by atoms with Gasteiger partial charge in [-0.2, -0.15) is 0 Å². The van der Waals surface area contributed by atoms with Gasteiger partial charge < -0.3 is 20.4 Å². The number of hydrogen-bond donors (Lipinski definition) is 3. The summed E-state index contributed by atoms with van der Waals surface area (Å²) in [5.74, 6) is 3.02. The molecular weight excluding hydrogens is 422 g/mol. The summed E-state index contributed by atoms with van der Waals surface area (Å²) in [6.07, 6.45) is 2.22. The summed E-state index contributed by atoms with van der Waals surface area (Å²) < 4.78 is 5.62. The van der Waals surface area contributed by atoms with Crippen LogP contribution < -0.4 is 16.6 Å². The molecule has 0 saturated heterocycles. The Morgan fingerprint density at radius 3 is 2.69 bits per heavy atom. The second kappa shape index (κ2) is 10.8. The van der Waals surface area contributed by atoms with Crippen LogP contribution >= 0.6 is 11.8 Å². The lowest BCUT2D eigenvalue weighted by molar-refractivity contribution is 0.402. The zero-order valence-electron chi connectivity index (χ0n) is 19.3. The number of furan rings is 1. The summed E-state index contributed by atoms with van der Waals surface area (Å²) in [7, 11) is 4.09. The number of nitrogens with two attached hydrogens (primary N) is 1. The van der Waals surface area contributed by atoms with Gasteiger partial charge >= 0.3 is 0 Å². The van der Waals surface area contributed by atoms with Crippen molar-refractivity contribution in [2.75, 3.05) is 31.7 Å². The van der Waals surface area contributed by atoms with Gasteiger partial charge in [0.25, 0.3) is 5.56 Å². The van der Waals surface area contributed by atoms with Gasteiger partial charge in [0.2, 0.25) is 5.95 Å².